The number of benzene rings is 2. The van der Waals surface area contributed by atoms with E-state index >= 15 is 0 Å². The van der Waals surface area contributed by atoms with Gasteiger partial charge in [-0.25, -0.2) is 0 Å². The van der Waals surface area contributed by atoms with Crippen molar-refractivity contribution in [1.29, 1.82) is 0 Å². The predicted octanol–water partition coefficient (Wildman–Crippen LogP) is 4.76. The zero-order valence-electron chi connectivity index (χ0n) is 15.0. The molecule has 1 saturated heterocycles. The van der Waals surface area contributed by atoms with E-state index in [9.17, 15) is 4.79 Å². The van der Waals surface area contributed by atoms with Crippen molar-refractivity contribution in [3.05, 3.63) is 63.5 Å². The van der Waals surface area contributed by atoms with Crippen molar-refractivity contribution in [3.63, 3.8) is 0 Å². The maximum absolute atomic E-state index is 12.8. The van der Waals surface area contributed by atoms with Crippen LogP contribution in [-0.2, 0) is 11.3 Å². The lowest BCUT2D eigenvalue weighted by atomic mass is 10.2. The minimum absolute atomic E-state index is 0.130. The lowest BCUT2D eigenvalue weighted by Crippen LogP contribution is -2.27. The summed E-state index contributed by atoms with van der Waals surface area (Å²) in [5, 5.41) is 0.428. The fourth-order valence-electron chi connectivity index (χ4n) is 2.54. The van der Waals surface area contributed by atoms with Gasteiger partial charge in [0.25, 0.3) is 5.91 Å². The molecular weight excluding hydrogens is 414 g/mol. The maximum Gasteiger partial charge on any atom is 0.266 e. The van der Waals surface area contributed by atoms with Gasteiger partial charge in [0.1, 0.15) is 22.4 Å². The van der Waals surface area contributed by atoms with Gasteiger partial charge in [0.15, 0.2) is 0 Å². The highest BCUT2D eigenvalue weighted by Crippen LogP contribution is 2.35. The van der Waals surface area contributed by atoms with Gasteiger partial charge in [0.05, 0.1) is 23.6 Å². The summed E-state index contributed by atoms with van der Waals surface area (Å²) in [4.78, 5) is 14.9. The number of rotatable bonds is 6. The molecule has 0 N–H and O–H groups in total. The summed E-state index contributed by atoms with van der Waals surface area (Å²) in [6.07, 6.45) is 6.95. The number of methoxy groups -OCH3 is 1. The summed E-state index contributed by atoms with van der Waals surface area (Å²) < 4.78 is 11.0. The Bertz CT molecular complexity index is 980. The van der Waals surface area contributed by atoms with Gasteiger partial charge in [-0.1, -0.05) is 59.7 Å². The predicted molar refractivity (Wildman–Crippen MR) is 117 cm³/mol. The summed E-state index contributed by atoms with van der Waals surface area (Å²) in [5.41, 5.74) is 1.75. The first kappa shape index (κ1) is 20.3. The lowest BCUT2D eigenvalue weighted by molar-refractivity contribution is -0.122. The van der Waals surface area contributed by atoms with Crippen LogP contribution in [0.2, 0.25) is 5.02 Å². The van der Waals surface area contributed by atoms with Crippen molar-refractivity contribution < 1.29 is 14.3 Å². The molecule has 4 nitrogen and oxygen atoms in total. The van der Waals surface area contributed by atoms with E-state index in [2.05, 4.69) is 5.92 Å². The molecular formula is C21H16ClNO3S2. The van der Waals surface area contributed by atoms with E-state index in [1.54, 1.807) is 30.2 Å². The van der Waals surface area contributed by atoms with Crippen LogP contribution < -0.4 is 9.47 Å². The Morgan fingerprint density at radius 2 is 2.04 bits per heavy atom. The molecule has 0 aromatic heterocycles. The van der Waals surface area contributed by atoms with Crippen LogP contribution in [0, 0.1) is 12.3 Å². The first-order chi connectivity index (χ1) is 13.5. The third-order valence-corrected chi connectivity index (χ3v) is 5.61. The molecule has 0 spiro atoms. The first-order valence-corrected chi connectivity index (χ1v) is 9.86. The molecule has 0 unspecified atom stereocenters. The van der Waals surface area contributed by atoms with E-state index in [4.69, 9.17) is 39.7 Å². The molecule has 1 aliphatic rings. The minimum atomic E-state index is -0.130. The fourth-order valence-corrected chi connectivity index (χ4v) is 4.04. The molecule has 1 aliphatic heterocycles. The average molecular weight is 430 g/mol. The second-order valence-electron chi connectivity index (χ2n) is 5.80. The Kier molecular flexibility index (Phi) is 6.63. The van der Waals surface area contributed by atoms with E-state index in [1.807, 2.05) is 30.3 Å². The van der Waals surface area contributed by atoms with Crippen LogP contribution in [0.15, 0.2) is 47.4 Å². The van der Waals surface area contributed by atoms with Crippen LogP contribution >= 0.6 is 35.6 Å². The van der Waals surface area contributed by atoms with Gasteiger partial charge >= 0.3 is 0 Å². The molecule has 7 heteroatoms. The highest BCUT2D eigenvalue weighted by molar-refractivity contribution is 8.26. The number of halogens is 1. The summed E-state index contributed by atoms with van der Waals surface area (Å²) in [5.74, 6) is 3.53. The molecule has 2 aromatic carbocycles. The standard InChI is InChI=1S/C21H16ClNO3S2/c1-3-10-26-18-9-6-15(11-17(18)22)12-19-20(24)23(21(27)28-19)13-14-4-7-16(25-2)8-5-14/h1,4-9,11-12H,10,13H2,2H3. The van der Waals surface area contributed by atoms with Crippen molar-refractivity contribution in [3.8, 4) is 23.8 Å². The molecule has 1 heterocycles. The molecule has 3 rings (SSSR count). The van der Waals surface area contributed by atoms with E-state index < -0.39 is 0 Å². The molecule has 0 atom stereocenters. The SMILES string of the molecule is C#CCOc1ccc(C=C2SC(=S)N(Cc3ccc(OC)cc3)C2=O)cc1Cl. The number of carbonyl (C=O) groups is 1. The van der Waals surface area contributed by atoms with Gasteiger partial charge < -0.3 is 9.47 Å². The monoisotopic (exact) mass is 429 g/mol. The van der Waals surface area contributed by atoms with Crippen molar-refractivity contribution in [2.45, 2.75) is 6.54 Å². The van der Waals surface area contributed by atoms with Crippen LogP contribution in [0.5, 0.6) is 11.5 Å². The van der Waals surface area contributed by atoms with Gasteiger partial charge in [0, 0.05) is 0 Å². The Labute approximate surface area is 178 Å². The lowest BCUT2D eigenvalue weighted by Gasteiger charge is -2.14. The third kappa shape index (κ3) is 4.68. The molecule has 0 saturated carbocycles. The number of thiocarbonyl (C=S) groups is 1. The minimum Gasteiger partial charge on any atom is -0.497 e. The number of nitrogens with zero attached hydrogens (tertiary/aromatic N) is 1. The van der Waals surface area contributed by atoms with E-state index in [0.717, 1.165) is 16.9 Å². The van der Waals surface area contributed by atoms with E-state index in [1.165, 1.54) is 11.8 Å². The van der Waals surface area contributed by atoms with Crippen molar-refractivity contribution in [2.75, 3.05) is 13.7 Å². The summed E-state index contributed by atoms with van der Waals surface area (Å²) in [7, 11) is 1.61. The quantitative estimate of drug-likeness (QED) is 0.376. The van der Waals surface area contributed by atoms with Crippen LogP contribution in [0.3, 0.4) is 0 Å². The molecule has 2 aromatic rings. The number of thioether (sulfide) groups is 1. The van der Waals surface area contributed by atoms with Crippen molar-refractivity contribution in [1.82, 2.24) is 4.90 Å². The second kappa shape index (κ2) is 9.16. The molecule has 0 radical (unpaired) electrons. The average Bonchev–Trinajstić information content (AvgIpc) is 2.95. The molecule has 142 valence electrons. The van der Waals surface area contributed by atoms with Gasteiger partial charge in [-0.05, 0) is 41.5 Å². The summed E-state index contributed by atoms with van der Waals surface area (Å²) >= 11 is 12.9. The van der Waals surface area contributed by atoms with Crippen LogP contribution in [0.1, 0.15) is 11.1 Å². The number of carbonyl (C=O) groups excluding carboxylic acids is 1. The number of ether oxygens (including phenoxy) is 2. The smallest absolute Gasteiger partial charge is 0.266 e. The van der Waals surface area contributed by atoms with Gasteiger partial charge in [-0.15, -0.1) is 6.42 Å². The topological polar surface area (TPSA) is 38.8 Å². The van der Waals surface area contributed by atoms with Crippen LogP contribution in [0.4, 0.5) is 0 Å². The highest BCUT2D eigenvalue weighted by Gasteiger charge is 2.32. The summed E-state index contributed by atoms with van der Waals surface area (Å²) in [6, 6.07) is 12.8. The molecule has 0 aliphatic carbocycles. The van der Waals surface area contributed by atoms with E-state index in [-0.39, 0.29) is 12.5 Å². The van der Waals surface area contributed by atoms with Crippen molar-refractivity contribution >= 4 is 51.9 Å². The first-order valence-electron chi connectivity index (χ1n) is 8.26. The van der Waals surface area contributed by atoms with Gasteiger partial charge in [0.2, 0.25) is 0 Å². The zero-order valence-corrected chi connectivity index (χ0v) is 17.4. The van der Waals surface area contributed by atoms with Crippen LogP contribution in [-0.4, -0.2) is 28.8 Å². The Hall–Kier alpha value is -2.46. The third-order valence-electron chi connectivity index (χ3n) is 3.94. The number of hydrogen-bond acceptors (Lipinski definition) is 5. The largest absolute Gasteiger partial charge is 0.497 e. The number of terminal acetylenes is 1. The normalized spacial score (nSPS) is 15.0. The molecule has 1 fully saturated rings. The van der Waals surface area contributed by atoms with E-state index in [0.29, 0.717) is 26.5 Å². The number of hydrogen-bond donors (Lipinski definition) is 0. The van der Waals surface area contributed by atoms with Gasteiger partial charge in [-0.3, -0.25) is 9.69 Å². The highest BCUT2D eigenvalue weighted by atomic mass is 35.5. The Morgan fingerprint density at radius 3 is 2.68 bits per heavy atom. The maximum atomic E-state index is 12.8. The van der Waals surface area contributed by atoms with Crippen molar-refractivity contribution in [2.24, 2.45) is 0 Å². The number of amides is 1. The molecule has 28 heavy (non-hydrogen) atoms. The Balaban J connectivity index is 1.75. The zero-order chi connectivity index (χ0) is 20.1. The summed E-state index contributed by atoms with van der Waals surface area (Å²) in [6.45, 7) is 0.550. The Morgan fingerprint density at radius 1 is 1.29 bits per heavy atom. The van der Waals surface area contributed by atoms with Crippen LogP contribution in [0.25, 0.3) is 6.08 Å². The second-order valence-corrected chi connectivity index (χ2v) is 7.88. The molecule has 0 bridgehead atoms. The fraction of sp³-hybridized carbons (Fsp3) is 0.143. The molecule has 1 amide bonds. The van der Waals surface area contributed by atoms with Gasteiger partial charge in [-0.2, -0.15) is 0 Å².